The lowest BCUT2D eigenvalue weighted by molar-refractivity contribution is -0.387. The molecule has 0 radical (unpaired) electrons. The summed E-state index contributed by atoms with van der Waals surface area (Å²) in [7, 11) is -4.04. The average Bonchev–Trinajstić information content (AvgIpc) is 2.35. The van der Waals surface area contributed by atoms with Crippen molar-refractivity contribution in [3.63, 3.8) is 0 Å². The highest BCUT2D eigenvalue weighted by molar-refractivity contribution is 7.89. The molecule has 0 aliphatic rings. The molecule has 1 aromatic rings. The van der Waals surface area contributed by atoms with Crippen LogP contribution < -0.4 is 10.5 Å². The molecule has 0 aromatic heterocycles. The number of nitrogens with zero attached hydrogens (tertiary/aromatic N) is 1. The topological polar surface area (TPSA) is 115 Å². The summed E-state index contributed by atoms with van der Waals surface area (Å²) in [5, 5.41) is 11.0. The van der Waals surface area contributed by atoms with Gasteiger partial charge in [0.05, 0.1) is 4.92 Å². The molecule has 0 amide bonds. The van der Waals surface area contributed by atoms with Crippen LogP contribution in [0, 0.1) is 16.0 Å². The van der Waals surface area contributed by atoms with Crippen LogP contribution in [0.15, 0.2) is 23.1 Å². The Morgan fingerprint density at radius 1 is 1.45 bits per heavy atom. The fourth-order valence-corrected chi connectivity index (χ4v) is 3.30. The van der Waals surface area contributed by atoms with Gasteiger partial charge in [-0.25, -0.2) is 13.1 Å². The van der Waals surface area contributed by atoms with E-state index < -0.39 is 31.6 Å². The van der Waals surface area contributed by atoms with E-state index >= 15 is 0 Å². The molecule has 0 spiro atoms. The Labute approximate surface area is 122 Å². The van der Waals surface area contributed by atoms with Crippen molar-refractivity contribution in [2.45, 2.75) is 24.8 Å². The van der Waals surface area contributed by atoms with E-state index in [4.69, 9.17) is 17.3 Å². The zero-order valence-electron chi connectivity index (χ0n) is 11.0. The third-order valence-corrected chi connectivity index (χ3v) is 4.54. The molecule has 20 heavy (non-hydrogen) atoms. The number of nitro benzene ring substituents is 1. The van der Waals surface area contributed by atoms with Crippen LogP contribution in [-0.2, 0) is 10.0 Å². The van der Waals surface area contributed by atoms with E-state index in [2.05, 4.69) is 4.72 Å². The predicted octanol–water partition coefficient (Wildman–Crippen LogP) is 1.51. The van der Waals surface area contributed by atoms with Crippen LogP contribution in [0.25, 0.3) is 0 Å². The second kappa shape index (κ2) is 6.49. The van der Waals surface area contributed by atoms with E-state index in [1.807, 2.05) is 0 Å². The van der Waals surface area contributed by atoms with Gasteiger partial charge < -0.3 is 5.73 Å². The zero-order chi connectivity index (χ0) is 15.5. The van der Waals surface area contributed by atoms with Gasteiger partial charge in [0.15, 0.2) is 4.90 Å². The molecule has 0 aliphatic carbocycles. The number of hydrogen-bond donors (Lipinski definition) is 2. The van der Waals surface area contributed by atoms with E-state index in [1.54, 1.807) is 13.8 Å². The van der Waals surface area contributed by atoms with Crippen molar-refractivity contribution in [3.05, 3.63) is 33.3 Å². The third kappa shape index (κ3) is 3.89. The van der Waals surface area contributed by atoms with Gasteiger partial charge in [0, 0.05) is 23.7 Å². The van der Waals surface area contributed by atoms with E-state index in [0.717, 1.165) is 12.1 Å². The van der Waals surface area contributed by atoms with Crippen LogP contribution in [0.3, 0.4) is 0 Å². The highest BCUT2D eigenvalue weighted by Crippen LogP contribution is 2.27. The normalized spacial score (nSPS) is 13.4. The molecule has 1 rings (SSSR count). The molecule has 1 unspecified atom stereocenters. The summed E-state index contributed by atoms with van der Waals surface area (Å²) >= 11 is 5.65. The van der Waals surface area contributed by atoms with Crippen molar-refractivity contribution in [2.75, 3.05) is 6.54 Å². The summed E-state index contributed by atoms with van der Waals surface area (Å²) in [4.78, 5) is 9.73. The lowest BCUT2D eigenvalue weighted by Crippen LogP contribution is -2.43. The molecule has 0 bridgehead atoms. The van der Waals surface area contributed by atoms with Gasteiger partial charge >= 0.3 is 0 Å². The highest BCUT2D eigenvalue weighted by Gasteiger charge is 2.28. The number of nitrogens with two attached hydrogens (primary N) is 1. The van der Waals surface area contributed by atoms with Gasteiger partial charge in [-0.3, -0.25) is 10.1 Å². The summed E-state index contributed by atoms with van der Waals surface area (Å²) < 4.78 is 26.8. The first-order valence-corrected chi connectivity index (χ1v) is 7.71. The lowest BCUT2D eigenvalue weighted by atomic mass is 10.1. The van der Waals surface area contributed by atoms with Crippen LogP contribution in [0.5, 0.6) is 0 Å². The Balaban J connectivity index is 3.25. The first-order chi connectivity index (χ1) is 9.19. The van der Waals surface area contributed by atoms with Crippen molar-refractivity contribution in [2.24, 2.45) is 11.7 Å². The molecule has 3 N–H and O–H groups in total. The third-order valence-electron chi connectivity index (χ3n) is 2.77. The van der Waals surface area contributed by atoms with Gasteiger partial charge in [0.1, 0.15) is 0 Å². The fraction of sp³-hybridized carbons (Fsp3) is 0.455. The SMILES string of the molecule is CC(C)C(CN)NS(=O)(=O)c1ccc(Cl)cc1[N+](=O)[O-]. The Bertz CT molecular complexity index is 604. The first kappa shape index (κ1) is 16.8. The van der Waals surface area contributed by atoms with Crippen molar-refractivity contribution in [3.8, 4) is 0 Å². The molecule has 0 saturated carbocycles. The summed E-state index contributed by atoms with van der Waals surface area (Å²) in [5.74, 6) is -0.0406. The van der Waals surface area contributed by atoms with E-state index in [1.165, 1.54) is 6.07 Å². The number of rotatable bonds is 6. The van der Waals surface area contributed by atoms with Crippen LogP contribution in [0.2, 0.25) is 5.02 Å². The van der Waals surface area contributed by atoms with Crippen molar-refractivity contribution < 1.29 is 13.3 Å². The Kier molecular flexibility index (Phi) is 5.46. The molecular weight excluding hydrogens is 306 g/mol. The van der Waals surface area contributed by atoms with Crippen LogP contribution >= 0.6 is 11.6 Å². The number of halogens is 1. The van der Waals surface area contributed by atoms with Gasteiger partial charge in [-0.2, -0.15) is 0 Å². The molecule has 1 atom stereocenters. The molecule has 0 fully saturated rings. The summed E-state index contributed by atoms with van der Waals surface area (Å²) in [6.45, 7) is 3.70. The molecule has 7 nitrogen and oxygen atoms in total. The van der Waals surface area contributed by atoms with E-state index in [0.29, 0.717) is 0 Å². The minimum absolute atomic E-state index is 0.0406. The maximum atomic E-state index is 12.2. The monoisotopic (exact) mass is 321 g/mol. The molecule has 0 saturated heterocycles. The van der Waals surface area contributed by atoms with Crippen molar-refractivity contribution >= 4 is 27.3 Å². The van der Waals surface area contributed by atoms with Crippen LogP contribution in [0.1, 0.15) is 13.8 Å². The molecular formula is C11H16ClN3O4S. The number of sulfonamides is 1. The van der Waals surface area contributed by atoms with Gasteiger partial charge in [-0.1, -0.05) is 25.4 Å². The molecule has 112 valence electrons. The van der Waals surface area contributed by atoms with Crippen molar-refractivity contribution in [1.29, 1.82) is 0 Å². The number of hydrogen-bond acceptors (Lipinski definition) is 5. The largest absolute Gasteiger partial charge is 0.329 e. The van der Waals surface area contributed by atoms with Crippen LogP contribution in [0.4, 0.5) is 5.69 Å². The summed E-state index contributed by atoms with van der Waals surface area (Å²) in [6.07, 6.45) is 0. The van der Waals surface area contributed by atoms with Gasteiger partial charge in [0.2, 0.25) is 10.0 Å². The second-order valence-corrected chi connectivity index (χ2v) is 6.70. The second-order valence-electron chi connectivity index (χ2n) is 4.58. The molecule has 9 heteroatoms. The Morgan fingerprint density at radius 3 is 2.50 bits per heavy atom. The minimum Gasteiger partial charge on any atom is -0.329 e. The predicted molar refractivity (Wildman–Crippen MR) is 76.1 cm³/mol. The first-order valence-electron chi connectivity index (χ1n) is 5.85. The van der Waals surface area contributed by atoms with E-state index in [-0.39, 0.29) is 17.5 Å². The minimum atomic E-state index is -4.04. The highest BCUT2D eigenvalue weighted by atomic mass is 35.5. The summed E-state index contributed by atoms with van der Waals surface area (Å²) in [5.41, 5.74) is 4.93. The smallest absolute Gasteiger partial charge is 0.290 e. The maximum Gasteiger partial charge on any atom is 0.290 e. The van der Waals surface area contributed by atoms with Crippen LogP contribution in [-0.4, -0.2) is 25.9 Å². The Hall–Kier alpha value is -1.22. The number of nitro groups is 1. The number of benzene rings is 1. The van der Waals surface area contributed by atoms with E-state index in [9.17, 15) is 18.5 Å². The average molecular weight is 322 g/mol. The fourth-order valence-electron chi connectivity index (χ4n) is 1.58. The quantitative estimate of drug-likeness (QED) is 0.608. The molecule has 1 aromatic carbocycles. The van der Waals surface area contributed by atoms with Gasteiger partial charge in [-0.15, -0.1) is 0 Å². The van der Waals surface area contributed by atoms with Gasteiger partial charge in [0.25, 0.3) is 5.69 Å². The van der Waals surface area contributed by atoms with Crippen molar-refractivity contribution in [1.82, 2.24) is 4.72 Å². The zero-order valence-corrected chi connectivity index (χ0v) is 12.6. The summed E-state index contributed by atoms with van der Waals surface area (Å²) in [6, 6.07) is 2.89. The Morgan fingerprint density at radius 2 is 2.05 bits per heavy atom. The molecule has 0 aliphatic heterocycles. The maximum absolute atomic E-state index is 12.2. The van der Waals surface area contributed by atoms with Gasteiger partial charge in [-0.05, 0) is 18.1 Å². The lowest BCUT2D eigenvalue weighted by Gasteiger charge is -2.20. The molecule has 0 heterocycles. The standard InChI is InChI=1S/C11H16ClN3O4S/c1-7(2)9(6-13)14-20(18,19)11-4-3-8(12)5-10(11)15(16)17/h3-5,7,9,14H,6,13H2,1-2H3. The number of nitrogens with one attached hydrogen (secondary N) is 1.